The van der Waals surface area contributed by atoms with Crippen LogP contribution in [-0.2, 0) is 4.74 Å². The van der Waals surface area contributed by atoms with E-state index in [1.165, 1.54) is 40.2 Å². The summed E-state index contributed by atoms with van der Waals surface area (Å²) >= 11 is 8.81. The molecule has 2 atom stereocenters. The van der Waals surface area contributed by atoms with E-state index < -0.39 is 48.2 Å². The van der Waals surface area contributed by atoms with Crippen molar-refractivity contribution in [3.8, 4) is 22.9 Å². The molecule has 52 heavy (non-hydrogen) atoms. The molecule has 0 bridgehead atoms. The Labute approximate surface area is 304 Å². The molecule has 4 aliphatic rings. The van der Waals surface area contributed by atoms with E-state index in [4.69, 9.17) is 21.1 Å². The van der Waals surface area contributed by atoms with E-state index in [9.17, 15) is 28.3 Å². The number of carboxylic acid groups (broad SMARTS) is 1. The fraction of sp³-hybridized carbons (Fsp3) is 0.333. The SMILES string of the molecule is N#Cc1c(NC(=O)O)sc2c(F)ccc(-c3c(F)c4c5c(c3Cl)=NCN(c3cncs3)C=5N(CC(F)F)C=C(OC[C@@]35CCCN3C[C@H](F)C5)O4)c12. The maximum Gasteiger partial charge on any atom is 0.409 e. The van der Waals surface area contributed by atoms with Crippen LogP contribution in [0.1, 0.15) is 24.8 Å². The molecule has 0 unspecified atom stereocenters. The van der Waals surface area contributed by atoms with Gasteiger partial charge in [0.15, 0.2) is 11.6 Å². The number of halogens is 6. The van der Waals surface area contributed by atoms with Crippen molar-refractivity contribution in [3.05, 3.63) is 68.8 Å². The van der Waals surface area contributed by atoms with Crippen LogP contribution < -0.4 is 25.5 Å². The summed E-state index contributed by atoms with van der Waals surface area (Å²) in [6.07, 6.45) is -1.13. The minimum absolute atomic E-state index is 0.0375. The highest BCUT2D eigenvalue weighted by Gasteiger charge is 2.49. The van der Waals surface area contributed by atoms with E-state index in [-0.39, 0.29) is 85.4 Å². The highest BCUT2D eigenvalue weighted by molar-refractivity contribution is 7.23. The molecule has 0 aliphatic carbocycles. The number of thiazole rings is 1. The molecule has 2 fully saturated rings. The minimum atomic E-state index is -2.88. The highest BCUT2D eigenvalue weighted by Crippen LogP contribution is 2.46. The lowest BCUT2D eigenvalue weighted by atomic mass is 9.95. The summed E-state index contributed by atoms with van der Waals surface area (Å²) in [6, 6.07) is 4.11. The molecule has 1 amide bonds. The number of carbonyl (C=O) groups is 1. The molecular formula is C33H25ClF5N7O4S2. The van der Waals surface area contributed by atoms with Crippen LogP contribution in [0, 0.1) is 23.0 Å². The van der Waals surface area contributed by atoms with Crippen molar-refractivity contribution in [2.75, 3.05) is 43.1 Å². The van der Waals surface area contributed by atoms with Crippen LogP contribution in [0.25, 0.3) is 27.0 Å². The van der Waals surface area contributed by atoms with Crippen LogP contribution in [-0.4, -0.2) is 77.0 Å². The first-order valence-corrected chi connectivity index (χ1v) is 17.9. The average Bonchev–Trinajstić information content (AvgIpc) is 3.87. The van der Waals surface area contributed by atoms with Gasteiger partial charge >= 0.3 is 12.0 Å². The van der Waals surface area contributed by atoms with Gasteiger partial charge in [-0.3, -0.25) is 25.1 Å². The number of hydrogen-bond acceptors (Lipinski definition) is 11. The Balaban J connectivity index is 1.37. The molecule has 4 aromatic rings. The molecular weight excluding hydrogens is 753 g/mol. The second-order valence-corrected chi connectivity index (χ2v) is 14.8. The van der Waals surface area contributed by atoms with E-state index in [0.29, 0.717) is 29.3 Å². The van der Waals surface area contributed by atoms with Crippen LogP contribution in [0.3, 0.4) is 0 Å². The van der Waals surface area contributed by atoms with Gasteiger partial charge in [-0.1, -0.05) is 17.7 Å². The average molecular weight is 778 g/mol. The summed E-state index contributed by atoms with van der Waals surface area (Å²) in [5, 5.41) is 21.3. The zero-order valence-corrected chi connectivity index (χ0v) is 29.0. The molecule has 6 heterocycles. The van der Waals surface area contributed by atoms with Crippen LogP contribution >= 0.6 is 34.3 Å². The summed E-state index contributed by atoms with van der Waals surface area (Å²) < 4.78 is 88.1. The van der Waals surface area contributed by atoms with Crippen LogP contribution in [0.15, 0.2) is 41.0 Å². The lowest BCUT2D eigenvalue weighted by Gasteiger charge is -2.33. The lowest BCUT2D eigenvalue weighted by molar-refractivity contribution is 0.0247. The second-order valence-electron chi connectivity index (χ2n) is 12.6. The molecule has 19 heteroatoms. The molecule has 11 nitrogen and oxygen atoms in total. The topological polar surface area (TPSA) is 127 Å². The number of amides is 1. The van der Waals surface area contributed by atoms with E-state index in [0.717, 1.165) is 12.5 Å². The van der Waals surface area contributed by atoms with Crippen molar-refractivity contribution in [3.63, 3.8) is 0 Å². The number of thiophene rings is 1. The van der Waals surface area contributed by atoms with Crippen LogP contribution in [0.4, 0.5) is 36.7 Å². The van der Waals surface area contributed by atoms with Gasteiger partial charge in [0.05, 0.1) is 55.9 Å². The molecule has 0 radical (unpaired) electrons. The van der Waals surface area contributed by atoms with E-state index in [2.05, 4.69) is 15.3 Å². The molecule has 8 rings (SSSR count). The van der Waals surface area contributed by atoms with Gasteiger partial charge in [-0.05, 0) is 31.0 Å². The van der Waals surface area contributed by atoms with Gasteiger partial charge in [-0.15, -0.1) is 22.7 Å². The molecule has 0 spiro atoms. The number of rotatable bonds is 8. The van der Waals surface area contributed by atoms with Gasteiger partial charge in [0, 0.05) is 23.9 Å². The Morgan fingerprint density at radius 2 is 2.15 bits per heavy atom. The van der Waals surface area contributed by atoms with E-state index >= 15 is 8.78 Å². The smallest absolute Gasteiger partial charge is 0.409 e. The highest BCUT2D eigenvalue weighted by atomic mass is 35.5. The Kier molecular flexibility index (Phi) is 8.64. The van der Waals surface area contributed by atoms with Gasteiger partial charge in [0.2, 0.25) is 0 Å². The third kappa shape index (κ3) is 5.57. The van der Waals surface area contributed by atoms with Crippen molar-refractivity contribution < 1.29 is 41.3 Å². The Morgan fingerprint density at radius 3 is 2.88 bits per heavy atom. The zero-order valence-electron chi connectivity index (χ0n) is 26.6. The minimum Gasteiger partial charge on any atom is -0.465 e. The van der Waals surface area contributed by atoms with E-state index in [1.54, 1.807) is 4.90 Å². The first-order chi connectivity index (χ1) is 25.0. The zero-order chi connectivity index (χ0) is 36.5. The molecule has 4 aliphatic heterocycles. The number of fused-ring (bicyclic) bond motifs is 2. The van der Waals surface area contributed by atoms with Gasteiger partial charge in [-0.2, -0.15) is 5.26 Å². The summed E-state index contributed by atoms with van der Waals surface area (Å²) in [6.45, 7) is -0.209. The van der Waals surface area contributed by atoms with Crippen LogP contribution in [0.2, 0.25) is 5.02 Å². The maximum atomic E-state index is 17.4. The number of ether oxygens (including phenoxy) is 2. The molecule has 270 valence electrons. The van der Waals surface area contributed by atoms with Gasteiger partial charge in [0.25, 0.3) is 6.43 Å². The Morgan fingerprint density at radius 1 is 1.33 bits per heavy atom. The summed E-state index contributed by atoms with van der Waals surface area (Å²) in [5.74, 6) is -2.72. The number of nitrogens with zero attached hydrogens (tertiary/aromatic N) is 6. The quantitative estimate of drug-likeness (QED) is 0.195. The molecule has 2 aromatic heterocycles. The van der Waals surface area contributed by atoms with Gasteiger partial charge in [-0.25, -0.2) is 26.7 Å². The van der Waals surface area contributed by atoms with Crippen molar-refractivity contribution >= 4 is 66.3 Å². The third-order valence-corrected chi connectivity index (χ3v) is 11.8. The number of anilines is 2. The fourth-order valence-electron chi connectivity index (χ4n) is 7.50. The number of benzene rings is 2. The monoisotopic (exact) mass is 777 g/mol. The summed E-state index contributed by atoms with van der Waals surface area (Å²) in [4.78, 5) is 25.0. The molecule has 2 saturated heterocycles. The van der Waals surface area contributed by atoms with Crippen molar-refractivity contribution in [2.45, 2.75) is 37.4 Å². The number of aromatic nitrogens is 1. The third-order valence-electron chi connectivity index (χ3n) is 9.55. The predicted molar refractivity (Wildman–Crippen MR) is 183 cm³/mol. The number of alkyl halides is 3. The Hall–Kier alpha value is -4.70. The predicted octanol–water partition coefficient (Wildman–Crippen LogP) is 6.43. The van der Waals surface area contributed by atoms with Crippen molar-refractivity contribution in [1.29, 1.82) is 5.26 Å². The van der Waals surface area contributed by atoms with Gasteiger partial charge in [0.1, 0.15) is 47.2 Å². The molecule has 0 saturated carbocycles. The summed E-state index contributed by atoms with van der Waals surface area (Å²) in [5.41, 5.74) is 0.164. The Bertz CT molecular complexity index is 2340. The standard InChI is InChI=1S/C33H25ClF5N7O4S2/c34-25-23(16-2-3-18(36)29-22(16)17(7-40)30(52-29)43-32(47)48)26(39)28-24-27(25)42-13-46(20-8-41-14-51-20)31(24)44(10-19(37)38)11-21(50-28)49-12-33-4-1-5-45(33)9-15(35)6-33/h2-3,8,11,14-15,19,43H,1,4-6,9-10,12-13H2,(H,47,48)/t15-,33+/m1/s1. The number of nitrogens with one attached hydrogen (secondary N) is 1. The first-order valence-electron chi connectivity index (χ1n) is 15.9. The first kappa shape index (κ1) is 34.4. The van der Waals surface area contributed by atoms with E-state index in [1.807, 2.05) is 11.0 Å². The van der Waals surface area contributed by atoms with Gasteiger partial charge < -0.3 is 19.5 Å². The maximum absolute atomic E-state index is 17.4. The van der Waals surface area contributed by atoms with Crippen molar-refractivity contribution in [2.24, 2.45) is 4.99 Å². The largest absolute Gasteiger partial charge is 0.465 e. The normalized spacial score (nSPS) is 21.0. The molecule has 2 N–H and O–H groups in total. The number of hydrogen-bond donors (Lipinski definition) is 2. The fourth-order valence-corrected chi connectivity index (χ4v) is 9.53. The molecule has 2 aromatic carbocycles. The van der Waals surface area contributed by atoms with Crippen molar-refractivity contribution in [1.82, 2.24) is 14.8 Å². The summed E-state index contributed by atoms with van der Waals surface area (Å²) in [7, 11) is 0. The second kappa shape index (κ2) is 13.1. The van der Waals surface area contributed by atoms with Crippen LogP contribution in [0.5, 0.6) is 5.75 Å². The number of nitriles is 1. The lowest BCUT2D eigenvalue weighted by Crippen LogP contribution is -2.47.